The van der Waals surface area contributed by atoms with Crippen molar-refractivity contribution < 1.29 is 9.53 Å². The van der Waals surface area contributed by atoms with Crippen molar-refractivity contribution in [2.24, 2.45) is 0 Å². The van der Waals surface area contributed by atoms with E-state index in [0.717, 1.165) is 32.4 Å². The second-order valence-electron chi connectivity index (χ2n) is 5.40. The number of amides is 1. The van der Waals surface area contributed by atoms with E-state index in [0.29, 0.717) is 0 Å². The van der Waals surface area contributed by atoms with Gasteiger partial charge in [-0.05, 0) is 44.3 Å². The number of likely N-dealkylation sites (N-methyl/N-ethyl adjacent to an activating group) is 1. The van der Waals surface area contributed by atoms with Crippen molar-refractivity contribution in [2.75, 3.05) is 26.7 Å². The van der Waals surface area contributed by atoms with Crippen LogP contribution in [0.4, 0.5) is 0 Å². The second-order valence-corrected chi connectivity index (χ2v) is 6.43. The number of carbonyl (C=O) groups excluding carboxylic acids is 1. The lowest BCUT2D eigenvalue weighted by atomic mass is 10.1. The van der Waals surface area contributed by atoms with Crippen molar-refractivity contribution in [2.45, 2.75) is 38.3 Å². The van der Waals surface area contributed by atoms with E-state index >= 15 is 0 Å². The van der Waals surface area contributed by atoms with Crippen LogP contribution < -0.4 is 5.32 Å². The Morgan fingerprint density at radius 3 is 2.95 bits per heavy atom. The molecule has 5 heteroatoms. The van der Waals surface area contributed by atoms with Gasteiger partial charge in [0.15, 0.2) is 0 Å². The first-order chi connectivity index (χ1) is 9.66. The van der Waals surface area contributed by atoms with Crippen LogP contribution in [-0.4, -0.2) is 49.7 Å². The minimum Gasteiger partial charge on any atom is -0.368 e. The molecular weight excluding hydrogens is 272 g/mol. The molecule has 4 nitrogen and oxygen atoms in total. The SMILES string of the molecule is CC(Cc1cccs1)N(C)C(=O)COC1CCNCC1. The highest BCUT2D eigenvalue weighted by Gasteiger charge is 2.19. The number of nitrogens with zero attached hydrogens (tertiary/aromatic N) is 1. The average molecular weight is 296 g/mol. The summed E-state index contributed by atoms with van der Waals surface area (Å²) in [5, 5.41) is 5.37. The van der Waals surface area contributed by atoms with Crippen LogP contribution in [0.25, 0.3) is 0 Å². The molecule has 1 unspecified atom stereocenters. The van der Waals surface area contributed by atoms with Crippen LogP contribution in [-0.2, 0) is 16.0 Å². The lowest BCUT2D eigenvalue weighted by Gasteiger charge is -2.27. The molecule has 1 aromatic heterocycles. The van der Waals surface area contributed by atoms with Crippen LogP contribution in [0.5, 0.6) is 0 Å². The Labute approximate surface area is 125 Å². The predicted molar refractivity (Wildman–Crippen MR) is 82.1 cm³/mol. The van der Waals surface area contributed by atoms with Crippen molar-refractivity contribution in [1.82, 2.24) is 10.2 Å². The Morgan fingerprint density at radius 1 is 1.55 bits per heavy atom. The Balaban J connectivity index is 1.73. The standard InChI is InChI=1S/C15H24N2O2S/c1-12(10-14-4-3-9-20-14)17(2)15(18)11-19-13-5-7-16-8-6-13/h3-4,9,12-13,16H,5-8,10-11H2,1-2H3. The third kappa shape index (κ3) is 4.58. The number of ether oxygens (including phenoxy) is 1. The highest BCUT2D eigenvalue weighted by molar-refractivity contribution is 7.09. The van der Waals surface area contributed by atoms with Crippen LogP contribution in [0, 0.1) is 0 Å². The van der Waals surface area contributed by atoms with E-state index in [1.807, 2.05) is 7.05 Å². The van der Waals surface area contributed by atoms with Crippen molar-refractivity contribution >= 4 is 17.2 Å². The summed E-state index contributed by atoms with van der Waals surface area (Å²) in [5.41, 5.74) is 0. The van der Waals surface area contributed by atoms with E-state index in [-0.39, 0.29) is 24.7 Å². The van der Waals surface area contributed by atoms with Gasteiger partial charge >= 0.3 is 0 Å². The molecule has 1 amide bonds. The maximum absolute atomic E-state index is 12.1. The molecule has 1 fully saturated rings. The fourth-order valence-electron chi connectivity index (χ4n) is 2.36. The molecular formula is C15H24N2O2S. The maximum Gasteiger partial charge on any atom is 0.248 e. The minimum absolute atomic E-state index is 0.0765. The number of carbonyl (C=O) groups is 1. The summed E-state index contributed by atoms with van der Waals surface area (Å²) in [4.78, 5) is 15.3. The lowest BCUT2D eigenvalue weighted by molar-refractivity contribution is -0.139. The van der Waals surface area contributed by atoms with Crippen LogP contribution in [0.2, 0.25) is 0 Å². The van der Waals surface area contributed by atoms with Gasteiger partial charge in [0.2, 0.25) is 5.91 Å². The lowest BCUT2D eigenvalue weighted by Crippen LogP contribution is -2.40. The van der Waals surface area contributed by atoms with Gasteiger partial charge in [-0.15, -0.1) is 11.3 Å². The molecule has 0 aliphatic carbocycles. The zero-order valence-corrected chi connectivity index (χ0v) is 13.1. The molecule has 112 valence electrons. The van der Waals surface area contributed by atoms with Crippen LogP contribution in [0.3, 0.4) is 0 Å². The molecule has 0 spiro atoms. The molecule has 1 atom stereocenters. The third-order valence-corrected chi connectivity index (χ3v) is 4.76. The summed E-state index contributed by atoms with van der Waals surface area (Å²) in [6.45, 7) is 4.27. The summed E-state index contributed by atoms with van der Waals surface area (Å²) in [5.74, 6) is 0.0765. The number of hydrogen-bond acceptors (Lipinski definition) is 4. The summed E-state index contributed by atoms with van der Waals surface area (Å²) < 4.78 is 5.72. The smallest absolute Gasteiger partial charge is 0.248 e. The highest BCUT2D eigenvalue weighted by Crippen LogP contribution is 2.14. The van der Waals surface area contributed by atoms with Gasteiger partial charge in [0, 0.05) is 24.4 Å². The number of nitrogens with one attached hydrogen (secondary N) is 1. The molecule has 1 aromatic rings. The van der Waals surface area contributed by atoms with Gasteiger partial charge in [-0.2, -0.15) is 0 Å². The van der Waals surface area contributed by atoms with E-state index in [9.17, 15) is 4.79 Å². The largest absolute Gasteiger partial charge is 0.368 e. The summed E-state index contributed by atoms with van der Waals surface area (Å²) in [6, 6.07) is 4.37. The van der Waals surface area contributed by atoms with Crippen LogP contribution >= 0.6 is 11.3 Å². The quantitative estimate of drug-likeness (QED) is 0.872. The van der Waals surface area contributed by atoms with Crippen LogP contribution in [0.1, 0.15) is 24.6 Å². The van der Waals surface area contributed by atoms with Crippen LogP contribution in [0.15, 0.2) is 17.5 Å². The Kier molecular flexibility index (Phi) is 6.01. The van der Waals surface area contributed by atoms with Gasteiger partial charge in [-0.25, -0.2) is 0 Å². The van der Waals surface area contributed by atoms with E-state index in [1.54, 1.807) is 16.2 Å². The number of thiophene rings is 1. The molecule has 1 N–H and O–H groups in total. The fourth-order valence-corrected chi connectivity index (χ4v) is 3.18. The summed E-state index contributed by atoms with van der Waals surface area (Å²) in [7, 11) is 1.87. The Bertz CT molecular complexity index is 402. The molecule has 20 heavy (non-hydrogen) atoms. The molecule has 0 aromatic carbocycles. The van der Waals surface area contributed by atoms with E-state index in [4.69, 9.17) is 4.74 Å². The van der Waals surface area contributed by atoms with Gasteiger partial charge < -0.3 is 15.0 Å². The van der Waals surface area contributed by atoms with Crippen molar-refractivity contribution in [1.29, 1.82) is 0 Å². The first-order valence-electron chi connectivity index (χ1n) is 7.27. The van der Waals surface area contributed by atoms with Gasteiger partial charge in [0.25, 0.3) is 0 Å². The molecule has 1 aliphatic rings. The highest BCUT2D eigenvalue weighted by atomic mass is 32.1. The van der Waals surface area contributed by atoms with Gasteiger partial charge in [0.05, 0.1) is 6.10 Å². The monoisotopic (exact) mass is 296 g/mol. The van der Waals surface area contributed by atoms with E-state index in [1.165, 1.54) is 4.88 Å². The molecule has 1 aliphatic heterocycles. The Morgan fingerprint density at radius 2 is 2.30 bits per heavy atom. The fraction of sp³-hybridized carbons (Fsp3) is 0.667. The molecule has 2 heterocycles. The number of hydrogen-bond donors (Lipinski definition) is 1. The first kappa shape index (κ1) is 15.5. The zero-order valence-electron chi connectivity index (χ0n) is 12.3. The van der Waals surface area contributed by atoms with Crippen molar-refractivity contribution in [3.8, 4) is 0 Å². The second kappa shape index (κ2) is 7.76. The van der Waals surface area contributed by atoms with Gasteiger partial charge in [-0.3, -0.25) is 4.79 Å². The molecule has 2 rings (SSSR count). The molecule has 0 radical (unpaired) electrons. The van der Waals surface area contributed by atoms with Crippen molar-refractivity contribution in [3.63, 3.8) is 0 Å². The average Bonchev–Trinajstić information content (AvgIpc) is 2.98. The molecule has 0 saturated carbocycles. The Hall–Kier alpha value is -0.910. The minimum atomic E-state index is 0.0765. The van der Waals surface area contributed by atoms with E-state index < -0.39 is 0 Å². The normalized spacial score (nSPS) is 17.9. The molecule has 1 saturated heterocycles. The summed E-state index contributed by atoms with van der Waals surface area (Å²) in [6.07, 6.45) is 3.15. The topological polar surface area (TPSA) is 41.6 Å². The number of piperidine rings is 1. The van der Waals surface area contributed by atoms with Crippen molar-refractivity contribution in [3.05, 3.63) is 22.4 Å². The zero-order chi connectivity index (χ0) is 14.4. The van der Waals surface area contributed by atoms with Gasteiger partial charge in [-0.1, -0.05) is 6.07 Å². The first-order valence-corrected chi connectivity index (χ1v) is 8.15. The molecule has 0 bridgehead atoms. The maximum atomic E-state index is 12.1. The third-order valence-electron chi connectivity index (χ3n) is 3.86. The number of rotatable bonds is 6. The predicted octanol–water partition coefficient (Wildman–Crippen LogP) is 1.91. The van der Waals surface area contributed by atoms with E-state index in [2.05, 4.69) is 29.8 Å². The van der Waals surface area contributed by atoms with Gasteiger partial charge in [0.1, 0.15) is 6.61 Å². The summed E-state index contributed by atoms with van der Waals surface area (Å²) >= 11 is 1.74.